The summed E-state index contributed by atoms with van der Waals surface area (Å²) < 4.78 is 51.2. The summed E-state index contributed by atoms with van der Waals surface area (Å²) in [6.45, 7) is 18.6. The van der Waals surface area contributed by atoms with Crippen molar-refractivity contribution >= 4 is 29.8 Å². The SMILES string of the molecule is CC(C)(C)OC(=O)CNC1C(OCc2ccccc2)C(N)C(OCc2ccccc2)C(N)C1OCc1ccccc1.CCCNC1C(OCc2ccccc2)C(NCCC)C(OCc2ccccc2)C(NCC(=O)OC(C)(C)C)C1OCc1ccccc1.O=C(O)CCNC1C(O)C(NCCC(=O)O)C(O)C(NCC(=O)O)C1O. The second-order valence-electron chi connectivity index (χ2n) is 30.7. The molecule has 3 aliphatic carbocycles. The van der Waals surface area contributed by atoms with Crippen LogP contribution in [-0.4, -0.2) is 227 Å². The molecule has 12 unspecified atom stereocenters. The maximum Gasteiger partial charge on any atom is 0.320 e. The average molecular weight is 1590 g/mol. The van der Waals surface area contributed by atoms with Crippen molar-refractivity contribution in [3.63, 3.8) is 0 Å². The number of aliphatic hydroxyl groups is 3. The van der Waals surface area contributed by atoms with Gasteiger partial charge in [-0.05, 0) is 101 Å². The van der Waals surface area contributed by atoms with E-state index in [1.54, 1.807) is 0 Å². The minimum absolute atomic E-state index is 0.0227. The Hall–Kier alpha value is -8.05. The fourth-order valence-electron chi connectivity index (χ4n) is 14.0. The molecule has 0 aliphatic heterocycles. The van der Waals surface area contributed by atoms with Crippen LogP contribution in [0.1, 0.15) is 114 Å². The van der Waals surface area contributed by atoms with E-state index in [-0.39, 0.29) is 75.2 Å². The summed E-state index contributed by atoms with van der Waals surface area (Å²) in [5.41, 5.74) is 18.8. The Bertz CT molecular complexity index is 3560. The van der Waals surface area contributed by atoms with Gasteiger partial charge in [-0.3, -0.25) is 39.9 Å². The number of rotatable bonds is 41. The number of carboxylic acids is 3. The van der Waals surface area contributed by atoms with E-state index in [9.17, 15) is 39.3 Å². The molecule has 6 aromatic rings. The summed E-state index contributed by atoms with van der Waals surface area (Å²) in [6, 6.07) is 54.5. The molecule has 0 saturated heterocycles. The highest BCUT2D eigenvalue weighted by Gasteiger charge is 2.54. The molecule has 0 amide bonds. The first-order chi connectivity index (χ1) is 54.6. The van der Waals surface area contributed by atoms with Gasteiger partial charge >= 0.3 is 29.8 Å². The maximum absolute atomic E-state index is 13.1. The first-order valence-corrected chi connectivity index (χ1v) is 39.4. The van der Waals surface area contributed by atoms with Gasteiger partial charge in [-0.1, -0.05) is 196 Å². The molecule has 0 aromatic heterocycles. The van der Waals surface area contributed by atoms with Gasteiger partial charge in [0.15, 0.2) is 0 Å². The molecule has 3 fully saturated rings. The normalized spacial score (nSPS) is 25.5. The second kappa shape index (κ2) is 48.5. The van der Waals surface area contributed by atoms with Crippen molar-refractivity contribution in [1.82, 2.24) is 37.2 Å². The van der Waals surface area contributed by atoms with E-state index in [1.807, 2.05) is 187 Å². The molecule has 3 aliphatic rings. The molecule has 0 bridgehead atoms. The van der Waals surface area contributed by atoms with Crippen LogP contribution in [-0.2, 0) is 102 Å². The third-order valence-corrected chi connectivity index (χ3v) is 19.3. The van der Waals surface area contributed by atoms with Crippen LogP contribution in [0, 0.1) is 0 Å². The van der Waals surface area contributed by atoms with Gasteiger partial charge in [0.1, 0.15) is 11.2 Å². The fraction of sp³-hybridized carbons (Fsp3) is 0.523. The number of carboxylic acid groups (broad SMARTS) is 3. The summed E-state index contributed by atoms with van der Waals surface area (Å²) >= 11 is 0. The number of esters is 2. The van der Waals surface area contributed by atoms with Crippen LogP contribution >= 0.6 is 0 Å². The molecular formula is C86H123N9O19. The standard InChI is InChI=1S/C39H55N3O5.C33H43N3O5.C14H25N3O9/c1-6-23-40-33-36(44-26-29-17-11-8-12-18-29)34(41-24-7-2)38(46-28-31-21-15-10-16-22-31)35(42-25-32(43)47-39(3,4)5)37(33)45-27-30-19-13-9-14-20-30;1-33(2,3)41-26(37)19-36-29-31(39-21-24-15-9-5-10-16-24)27(34)30(38-20-23-13-7-4-8-14-23)28(35)32(29)40-22-25-17-11-6-12-18-25;18-6(19)1-3-15-9-12(24)10(16-4-2-7(20)21)14(26)11(13(9)25)17-5-8(22)23/h8-22,33-38,40-42H,6-7,23-28H2,1-5H3;4-18,27-32,36H,19-22,34-35H2,1-3H3;9-17,24-26H,1-5H2,(H,18,19)(H,20,21)(H,22,23). The Balaban J connectivity index is 0.000000247. The van der Waals surface area contributed by atoms with E-state index < -0.39 is 121 Å². The Labute approximate surface area is 670 Å². The summed E-state index contributed by atoms with van der Waals surface area (Å²) in [6.07, 6.45) is -5.64. The van der Waals surface area contributed by atoms with Gasteiger partial charge in [0.2, 0.25) is 0 Å². The van der Waals surface area contributed by atoms with Crippen molar-refractivity contribution in [3.8, 4) is 0 Å². The Morgan fingerprint density at radius 1 is 0.316 bits per heavy atom. The fourth-order valence-corrected chi connectivity index (χ4v) is 14.0. The highest BCUT2D eigenvalue weighted by molar-refractivity contribution is 5.72. The van der Waals surface area contributed by atoms with Crippen LogP contribution in [0.2, 0.25) is 0 Å². The number of carbonyl (C=O) groups excluding carboxylic acids is 2. The number of carbonyl (C=O) groups is 5. The zero-order valence-electron chi connectivity index (χ0n) is 66.9. The topological polar surface area (TPSA) is 417 Å². The van der Waals surface area contributed by atoms with E-state index in [0.29, 0.717) is 39.6 Å². The van der Waals surface area contributed by atoms with E-state index in [0.717, 1.165) is 59.3 Å². The largest absolute Gasteiger partial charge is 0.481 e. The minimum atomic E-state index is -1.41. The molecular weight excluding hydrogens is 1460 g/mol. The van der Waals surface area contributed by atoms with Crippen LogP contribution in [0.3, 0.4) is 0 Å². The quantitative estimate of drug-likeness (QED) is 0.0211. The first kappa shape index (κ1) is 93.1. The lowest BCUT2D eigenvalue weighted by atomic mass is 9.78. The number of aliphatic carboxylic acids is 3. The molecule has 0 heterocycles. The molecule has 6 aromatic carbocycles. The van der Waals surface area contributed by atoms with Crippen molar-refractivity contribution in [3.05, 3.63) is 215 Å². The summed E-state index contributed by atoms with van der Waals surface area (Å²) in [5.74, 6) is -4.10. The van der Waals surface area contributed by atoms with Crippen molar-refractivity contribution in [2.75, 3.05) is 45.8 Å². The Kier molecular flexibility index (Phi) is 39.6. The van der Waals surface area contributed by atoms with Crippen LogP contribution in [0.15, 0.2) is 182 Å². The average Bonchev–Trinajstić information content (AvgIpc) is 0.768. The zero-order valence-corrected chi connectivity index (χ0v) is 66.9. The molecule has 28 nitrogen and oxygen atoms in total. The van der Waals surface area contributed by atoms with Gasteiger partial charge in [0.05, 0.1) is 181 Å². The van der Waals surface area contributed by atoms with E-state index in [1.165, 1.54) is 0 Å². The predicted molar refractivity (Wildman–Crippen MR) is 431 cm³/mol. The molecule has 3 saturated carbocycles. The van der Waals surface area contributed by atoms with Crippen molar-refractivity contribution < 1.29 is 92.5 Å². The molecule has 114 heavy (non-hydrogen) atoms. The minimum Gasteiger partial charge on any atom is -0.481 e. The highest BCUT2D eigenvalue weighted by Crippen LogP contribution is 2.33. The van der Waals surface area contributed by atoms with Crippen LogP contribution in [0.5, 0.6) is 0 Å². The summed E-state index contributed by atoms with van der Waals surface area (Å²) in [7, 11) is 0. The van der Waals surface area contributed by atoms with Gasteiger partial charge in [0, 0.05) is 13.1 Å². The first-order valence-electron chi connectivity index (χ1n) is 39.4. The summed E-state index contributed by atoms with van der Waals surface area (Å²) in [5, 5.41) is 79.6. The molecule has 17 N–H and O–H groups in total. The molecule has 28 heteroatoms. The smallest absolute Gasteiger partial charge is 0.320 e. The van der Waals surface area contributed by atoms with Crippen LogP contribution in [0.4, 0.5) is 0 Å². The molecule has 12 atom stereocenters. The predicted octanol–water partition coefficient (Wildman–Crippen LogP) is 5.49. The number of benzene rings is 6. The monoisotopic (exact) mass is 1590 g/mol. The van der Waals surface area contributed by atoms with E-state index in [4.69, 9.17) is 64.7 Å². The lowest BCUT2D eigenvalue weighted by molar-refractivity contribution is -0.168. The highest BCUT2D eigenvalue weighted by atomic mass is 16.6. The Morgan fingerprint density at radius 3 is 0.798 bits per heavy atom. The molecule has 626 valence electrons. The van der Waals surface area contributed by atoms with E-state index >= 15 is 0 Å². The summed E-state index contributed by atoms with van der Waals surface area (Å²) in [4.78, 5) is 57.8. The van der Waals surface area contributed by atoms with Gasteiger partial charge in [-0.25, -0.2) is 0 Å². The second-order valence-corrected chi connectivity index (χ2v) is 30.7. The molecule has 0 radical (unpaired) electrons. The zero-order chi connectivity index (χ0) is 82.6. The van der Waals surface area contributed by atoms with Gasteiger partial charge in [0.25, 0.3) is 0 Å². The lowest BCUT2D eigenvalue weighted by Gasteiger charge is -2.51. The Morgan fingerprint density at radius 2 is 0.544 bits per heavy atom. The third-order valence-electron chi connectivity index (χ3n) is 19.3. The van der Waals surface area contributed by atoms with Gasteiger partial charge < -0.3 is 101 Å². The van der Waals surface area contributed by atoms with E-state index in [2.05, 4.69) is 87.5 Å². The van der Waals surface area contributed by atoms with Gasteiger partial charge in [-0.15, -0.1) is 0 Å². The lowest BCUT2D eigenvalue weighted by Crippen LogP contribution is -2.75. The number of nitrogens with two attached hydrogens (primary N) is 2. The van der Waals surface area contributed by atoms with Crippen molar-refractivity contribution in [1.29, 1.82) is 0 Å². The van der Waals surface area contributed by atoms with Crippen molar-refractivity contribution in [2.24, 2.45) is 11.5 Å². The maximum atomic E-state index is 13.1. The van der Waals surface area contributed by atoms with Crippen molar-refractivity contribution in [2.45, 2.75) is 241 Å². The van der Waals surface area contributed by atoms with Gasteiger partial charge in [-0.2, -0.15) is 0 Å². The number of hydrogen-bond acceptors (Lipinski definition) is 25. The number of ether oxygens (including phenoxy) is 8. The number of aliphatic hydroxyl groups excluding tert-OH is 3. The molecule has 0 spiro atoms. The molecule has 9 rings (SSSR count). The van der Waals surface area contributed by atoms with Crippen LogP contribution in [0.25, 0.3) is 0 Å². The number of nitrogens with one attached hydrogen (secondary N) is 7. The number of hydrogen-bond donors (Lipinski definition) is 15. The third kappa shape index (κ3) is 31.5. The van der Waals surface area contributed by atoms with Crippen LogP contribution < -0.4 is 48.7 Å².